The Morgan fingerprint density at radius 1 is 1.24 bits per heavy atom. The number of hydrogen-bond acceptors (Lipinski definition) is 7. The summed E-state index contributed by atoms with van der Waals surface area (Å²) in [6.45, 7) is 4.78. The van der Waals surface area contributed by atoms with Crippen LogP contribution in [0.3, 0.4) is 0 Å². The van der Waals surface area contributed by atoms with E-state index in [0.717, 1.165) is 16.3 Å². The molecule has 0 bridgehead atoms. The number of rotatable bonds is 6. The Hall–Kier alpha value is -2.07. The Balaban J connectivity index is 1.55. The van der Waals surface area contributed by atoms with Gasteiger partial charge in [0.15, 0.2) is 0 Å². The molecule has 9 nitrogen and oxygen atoms in total. The van der Waals surface area contributed by atoms with Crippen LogP contribution in [-0.2, 0) is 21.4 Å². The quantitative estimate of drug-likeness (QED) is 0.707. The van der Waals surface area contributed by atoms with E-state index in [1.165, 1.54) is 19.0 Å². The molecule has 4 rings (SSSR count). The van der Waals surface area contributed by atoms with E-state index in [1.807, 2.05) is 13.8 Å². The van der Waals surface area contributed by atoms with Gasteiger partial charge in [-0.3, -0.25) is 14.6 Å². The molecule has 0 unspecified atom stereocenters. The van der Waals surface area contributed by atoms with Gasteiger partial charge >= 0.3 is 0 Å². The van der Waals surface area contributed by atoms with E-state index in [1.54, 1.807) is 11.1 Å². The summed E-state index contributed by atoms with van der Waals surface area (Å²) in [5.74, 6) is -1.35. The predicted octanol–water partition coefficient (Wildman–Crippen LogP) is 0.386. The number of nitrogens with zero attached hydrogens (tertiary/aromatic N) is 4. The van der Waals surface area contributed by atoms with Crippen molar-refractivity contribution in [3.8, 4) is 0 Å². The van der Waals surface area contributed by atoms with Crippen molar-refractivity contribution in [3.63, 3.8) is 0 Å². The van der Waals surface area contributed by atoms with E-state index in [2.05, 4.69) is 15.3 Å². The maximum Gasteiger partial charge on any atom is 0.274 e. The van der Waals surface area contributed by atoms with Gasteiger partial charge in [0, 0.05) is 19.1 Å². The van der Waals surface area contributed by atoms with Crippen molar-refractivity contribution in [2.24, 2.45) is 11.8 Å². The molecule has 3 atom stereocenters. The van der Waals surface area contributed by atoms with Gasteiger partial charge in [-0.15, -0.1) is 0 Å². The van der Waals surface area contributed by atoms with Crippen molar-refractivity contribution in [3.05, 3.63) is 23.8 Å². The van der Waals surface area contributed by atoms with Crippen molar-refractivity contribution in [1.82, 2.24) is 24.5 Å². The summed E-state index contributed by atoms with van der Waals surface area (Å²) in [6.07, 6.45) is 6.92. The van der Waals surface area contributed by atoms with Crippen LogP contribution >= 0.6 is 0 Å². The minimum atomic E-state index is -3.69. The van der Waals surface area contributed by atoms with Gasteiger partial charge in [0.25, 0.3) is 5.91 Å². The van der Waals surface area contributed by atoms with Crippen LogP contribution in [0.4, 0.5) is 0 Å². The molecule has 3 aliphatic rings. The van der Waals surface area contributed by atoms with Gasteiger partial charge in [-0.25, -0.2) is 17.7 Å². The molecule has 1 saturated carbocycles. The van der Waals surface area contributed by atoms with Crippen LogP contribution < -0.4 is 5.32 Å². The lowest BCUT2D eigenvalue weighted by atomic mass is 9.88. The first kappa shape index (κ1) is 20.2. The summed E-state index contributed by atoms with van der Waals surface area (Å²) < 4.78 is 25.4. The third kappa shape index (κ3) is 3.75. The third-order valence-corrected chi connectivity index (χ3v) is 7.17. The molecule has 0 aromatic carbocycles. The molecule has 158 valence electrons. The average molecular weight is 422 g/mol. The molecule has 1 aliphatic carbocycles. The number of aromatic nitrogens is 2. The number of hydrogen-bond donors (Lipinski definition) is 1. The van der Waals surface area contributed by atoms with Crippen LogP contribution in [0.5, 0.6) is 0 Å². The van der Waals surface area contributed by atoms with Gasteiger partial charge in [-0.1, -0.05) is 13.8 Å². The van der Waals surface area contributed by atoms with Crippen LogP contribution in [0.15, 0.2) is 12.4 Å². The minimum absolute atomic E-state index is 0.0860. The molecular weight excluding hydrogens is 394 g/mol. The van der Waals surface area contributed by atoms with Crippen LogP contribution in [-0.4, -0.2) is 70.3 Å². The summed E-state index contributed by atoms with van der Waals surface area (Å²) in [5.41, 5.74) is 0.987. The highest BCUT2D eigenvalue weighted by molar-refractivity contribution is 7.88. The van der Waals surface area contributed by atoms with Crippen LogP contribution in [0.2, 0.25) is 0 Å². The average Bonchev–Trinajstić information content (AvgIpc) is 3.31. The molecular formula is C19H27N5O4S. The van der Waals surface area contributed by atoms with Gasteiger partial charge < -0.3 is 10.2 Å². The molecule has 1 N–H and O–H groups in total. The maximum atomic E-state index is 13.1. The second-order valence-electron chi connectivity index (χ2n) is 8.56. The van der Waals surface area contributed by atoms with Gasteiger partial charge in [0.05, 0.1) is 42.3 Å². The van der Waals surface area contributed by atoms with E-state index in [-0.39, 0.29) is 17.5 Å². The number of nitrogens with one attached hydrogen (secondary N) is 1. The van der Waals surface area contributed by atoms with Crippen LogP contribution in [0, 0.1) is 11.8 Å². The second kappa shape index (κ2) is 7.32. The molecule has 2 aliphatic heterocycles. The highest BCUT2D eigenvalue weighted by Gasteiger charge is 2.58. The molecule has 0 spiro atoms. The highest BCUT2D eigenvalue weighted by atomic mass is 32.2. The molecule has 2 amide bonds. The summed E-state index contributed by atoms with van der Waals surface area (Å²) in [4.78, 5) is 36.2. The first-order valence-corrected chi connectivity index (χ1v) is 11.9. The van der Waals surface area contributed by atoms with Crippen molar-refractivity contribution in [2.75, 3.05) is 12.8 Å². The second-order valence-corrected chi connectivity index (χ2v) is 10.4. The van der Waals surface area contributed by atoms with Crippen molar-refractivity contribution >= 4 is 21.8 Å². The van der Waals surface area contributed by atoms with Gasteiger partial charge in [0.2, 0.25) is 15.9 Å². The molecule has 0 radical (unpaired) electrons. The molecule has 10 heteroatoms. The monoisotopic (exact) mass is 421 g/mol. The van der Waals surface area contributed by atoms with E-state index < -0.39 is 33.9 Å². The van der Waals surface area contributed by atoms with E-state index in [0.29, 0.717) is 25.6 Å². The summed E-state index contributed by atoms with van der Waals surface area (Å²) in [6, 6.07) is -0.420. The number of likely N-dealkylation sites (tertiary alicyclic amines) is 1. The molecule has 3 heterocycles. The zero-order valence-electron chi connectivity index (χ0n) is 16.9. The zero-order chi connectivity index (χ0) is 20.9. The predicted molar refractivity (Wildman–Crippen MR) is 105 cm³/mol. The standard InChI is InChI=1S/C19H27N5O4S/c1-11(2)16-17-15(24(19(16)26)29(3,27)28)6-7-23(17)18(25)14-10-21-13(9-22-14)8-20-12-4-5-12/h9-12,15-17,20H,4-8H2,1-3H3/t15-,16+,17-/m0/s1. The van der Waals surface area contributed by atoms with E-state index in [4.69, 9.17) is 0 Å². The zero-order valence-corrected chi connectivity index (χ0v) is 17.7. The lowest BCUT2D eigenvalue weighted by Crippen LogP contribution is -2.44. The highest BCUT2D eigenvalue weighted by Crippen LogP contribution is 2.41. The Morgan fingerprint density at radius 2 is 1.97 bits per heavy atom. The topological polar surface area (TPSA) is 113 Å². The van der Waals surface area contributed by atoms with Gasteiger partial charge in [-0.2, -0.15) is 0 Å². The first-order valence-electron chi connectivity index (χ1n) is 10.1. The number of amides is 2. The lowest BCUT2D eigenvalue weighted by Gasteiger charge is -2.28. The smallest absolute Gasteiger partial charge is 0.274 e. The Morgan fingerprint density at radius 3 is 2.52 bits per heavy atom. The Bertz CT molecular complexity index is 913. The molecule has 29 heavy (non-hydrogen) atoms. The van der Waals surface area contributed by atoms with Gasteiger partial charge in [0.1, 0.15) is 5.69 Å². The fourth-order valence-electron chi connectivity index (χ4n) is 4.51. The third-order valence-electron chi connectivity index (χ3n) is 6.00. The summed E-state index contributed by atoms with van der Waals surface area (Å²) in [7, 11) is -3.69. The Kier molecular flexibility index (Phi) is 5.10. The molecule has 1 aromatic heterocycles. The molecule has 2 saturated heterocycles. The maximum absolute atomic E-state index is 13.1. The fourth-order valence-corrected chi connectivity index (χ4v) is 5.68. The molecule has 3 fully saturated rings. The summed E-state index contributed by atoms with van der Waals surface area (Å²) >= 11 is 0. The van der Waals surface area contributed by atoms with Crippen LogP contribution in [0.1, 0.15) is 49.3 Å². The number of sulfonamides is 1. The largest absolute Gasteiger partial charge is 0.331 e. The minimum Gasteiger partial charge on any atom is -0.331 e. The van der Waals surface area contributed by atoms with E-state index >= 15 is 0 Å². The lowest BCUT2D eigenvalue weighted by molar-refractivity contribution is -0.129. The number of fused-ring (bicyclic) bond motifs is 1. The normalized spacial score (nSPS) is 27.0. The van der Waals surface area contributed by atoms with Gasteiger partial charge in [-0.05, 0) is 25.2 Å². The van der Waals surface area contributed by atoms with Crippen molar-refractivity contribution < 1.29 is 18.0 Å². The number of carbonyl (C=O) groups excluding carboxylic acids is 2. The van der Waals surface area contributed by atoms with Crippen molar-refractivity contribution in [2.45, 2.75) is 57.8 Å². The molecule has 1 aromatic rings. The summed E-state index contributed by atoms with van der Waals surface area (Å²) in [5, 5.41) is 3.35. The Labute approximate surface area is 170 Å². The fraction of sp³-hybridized carbons (Fsp3) is 0.684. The first-order chi connectivity index (χ1) is 13.7. The SMILES string of the molecule is CC(C)[C@H]1C(=O)N(S(C)(=O)=O)[C@H]2CCN(C(=O)c3cnc(CNC4CC4)cn3)[C@H]12. The number of carbonyl (C=O) groups is 2. The van der Waals surface area contributed by atoms with Crippen LogP contribution in [0.25, 0.3) is 0 Å². The van der Waals surface area contributed by atoms with Crippen molar-refractivity contribution in [1.29, 1.82) is 0 Å². The van der Waals surface area contributed by atoms with E-state index in [9.17, 15) is 18.0 Å².